The van der Waals surface area contributed by atoms with Gasteiger partial charge in [0.2, 0.25) is 0 Å². The Morgan fingerprint density at radius 1 is 1.00 bits per heavy atom. The molecule has 0 atom stereocenters. The number of hydrogen-bond acceptors (Lipinski definition) is 0. The minimum absolute atomic E-state index is 0.114. The van der Waals surface area contributed by atoms with Gasteiger partial charge >= 0.3 is 0 Å². The first-order valence-electron chi connectivity index (χ1n) is 10.4. The van der Waals surface area contributed by atoms with Gasteiger partial charge in [-0.15, -0.1) is 6.58 Å². The molecule has 0 unspecified atom stereocenters. The van der Waals surface area contributed by atoms with E-state index >= 15 is 0 Å². The molecule has 0 aromatic heterocycles. The van der Waals surface area contributed by atoms with Gasteiger partial charge in [-0.2, -0.15) is 0 Å². The van der Waals surface area contributed by atoms with E-state index in [-0.39, 0.29) is 22.1 Å². The third kappa shape index (κ3) is 4.97. The normalized spacial score (nSPS) is 22.0. The average Bonchev–Trinajstić information content (AvgIpc) is 2.58. The van der Waals surface area contributed by atoms with Crippen molar-refractivity contribution in [2.24, 2.45) is 22.7 Å². The number of rotatable bonds is 5. The second kappa shape index (κ2) is 7.90. The minimum atomic E-state index is -0.242. The Morgan fingerprint density at radius 2 is 1.52 bits per heavy atom. The van der Waals surface area contributed by atoms with Gasteiger partial charge in [-0.3, -0.25) is 0 Å². The number of halogens is 2. The quantitative estimate of drug-likeness (QED) is 0.441. The molecule has 1 aliphatic carbocycles. The van der Waals surface area contributed by atoms with Gasteiger partial charge in [-0.05, 0) is 71.3 Å². The molecular formula is C25H38ClF. The van der Waals surface area contributed by atoms with Crippen molar-refractivity contribution < 1.29 is 4.39 Å². The lowest BCUT2D eigenvalue weighted by molar-refractivity contribution is 0.0980. The molecule has 0 bridgehead atoms. The van der Waals surface area contributed by atoms with Crippen LogP contribution < -0.4 is 0 Å². The standard InChI is InChI=1S/C25H38ClF/c1-9-24(5,6)18-11-13-19(14-12-18)25(7,8)16-17-10-15-20(23(2,3)4)22(27)21(17)26/h9-10,15,18-19H,1,11-14,16H2,2-8H3. The fourth-order valence-electron chi connectivity index (χ4n) is 4.73. The topological polar surface area (TPSA) is 0 Å². The van der Waals surface area contributed by atoms with Gasteiger partial charge < -0.3 is 0 Å². The molecule has 0 aliphatic heterocycles. The second-order valence-corrected chi connectivity index (χ2v) is 11.3. The van der Waals surface area contributed by atoms with E-state index in [2.05, 4.69) is 40.3 Å². The molecule has 2 heteroatoms. The van der Waals surface area contributed by atoms with Gasteiger partial charge in [0.15, 0.2) is 0 Å². The van der Waals surface area contributed by atoms with Crippen LogP contribution >= 0.6 is 11.6 Å². The molecular weight excluding hydrogens is 355 g/mol. The predicted molar refractivity (Wildman–Crippen MR) is 117 cm³/mol. The van der Waals surface area contributed by atoms with Crippen molar-refractivity contribution in [1.82, 2.24) is 0 Å². The van der Waals surface area contributed by atoms with Crippen molar-refractivity contribution in [1.29, 1.82) is 0 Å². The van der Waals surface area contributed by atoms with Crippen LogP contribution in [-0.4, -0.2) is 0 Å². The van der Waals surface area contributed by atoms with Gasteiger partial charge in [0.25, 0.3) is 0 Å². The van der Waals surface area contributed by atoms with E-state index in [4.69, 9.17) is 11.6 Å². The summed E-state index contributed by atoms with van der Waals surface area (Å²) in [6.07, 6.45) is 7.90. The Labute approximate surface area is 171 Å². The van der Waals surface area contributed by atoms with Gasteiger partial charge in [0, 0.05) is 0 Å². The summed E-state index contributed by atoms with van der Waals surface area (Å²) >= 11 is 6.47. The highest BCUT2D eigenvalue weighted by Crippen LogP contribution is 2.47. The van der Waals surface area contributed by atoms with Gasteiger partial charge in [-0.1, -0.05) is 78.3 Å². The van der Waals surface area contributed by atoms with Crippen LogP contribution in [0.5, 0.6) is 0 Å². The van der Waals surface area contributed by atoms with Crippen LogP contribution in [0.25, 0.3) is 0 Å². The zero-order chi connectivity index (χ0) is 20.6. The summed E-state index contributed by atoms with van der Waals surface area (Å²) in [6.45, 7) is 19.3. The largest absolute Gasteiger partial charge is 0.205 e. The van der Waals surface area contributed by atoms with Crippen LogP contribution in [0.1, 0.15) is 85.3 Å². The average molecular weight is 393 g/mol. The molecule has 0 nitrogen and oxygen atoms in total. The predicted octanol–water partition coefficient (Wildman–Crippen LogP) is 8.36. The van der Waals surface area contributed by atoms with E-state index in [1.165, 1.54) is 25.7 Å². The first-order valence-corrected chi connectivity index (χ1v) is 10.8. The fourth-order valence-corrected chi connectivity index (χ4v) is 4.96. The van der Waals surface area contributed by atoms with Crippen LogP contribution in [-0.2, 0) is 11.8 Å². The molecule has 27 heavy (non-hydrogen) atoms. The van der Waals surface area contributed by atoms with E-state index in [1.54, 1.807) is 0 Å². The summed E-state index contributed by atoms with van der Waals surface area (Å²) in [4.78, 5) is 0. The highest BCUT2D eigenvalue weighted by atomic mass is 35.5. The number of allylic oxidation sites excluding steroid dienone is 1. The zero-order valence-corrected chi connectivity index (χ0v) is 19.1. The van der Waals surface area contributed by atoms with E-state index in [1.807, 2.05) is 32.9 Å². The third-order valence-corrected chi connectivity index (χ3v) is 7.44. The maximum atomic E-state index is 14.9. The van der Waals surface area contributed by atoms with E-state index in [9.17, 15) is 4.39 Å². The minimum Gasteiger partial charge on any atom is -0.205 e. The van der Waals surface area contributed by atoms with Gasteiger partial charge in [0.05, 0.1) is 5.02 Å². The van der Waals surface area contributed by atoms with Crippen LogP contribution in [0.3, 0.4) is 0 Å². The fraction of sp³-hybridized carbons (Fsp3) is 0.680. The third-order valence-electron chi connectivity index (χ3n) is 7.03. The molecule has 1 aromatic carbocycles. The summed E-state index contributed by atoms with van der Waals surface area (Å²) in [5.41, 5.74) is 1.73. The Bertz CT molecular complexity index is 670. The summed E-state index contributed by atoms with van der Waals surface area (Å²) in [5, 5.41) is 0.317. The van der Waals surface area contributed by atoms with Gasteiger partial charge in [-0.25, -0.2) is 4.39 Å². The summed E-state index contributed by atoms with van der Waals surface area (Å²) in [6, 6.07) is 3.97. The van der Waals surface area contributed by atoms with E-state index in [0.717, 1.165) is 12.0 Å². The molecule has 2 rings (SSSR count). The molecule has 1 saturated carbocycles. The monoisotopic (exact) mass is 392 g/mol. The van der Waals surface area contributed by atoms with Crippen molar-refractivity contribution >= 4 is 11.6 Å². The molecule has 0 heterocycles. The van der Waals surface area contributed by atoms with Crippen LogP contribution in [0.2, 0.25) is 5.02 Å². The highest BCUT2D eigenvalue weighted by molar-refractivity contribution is 6.31. The summed E-state index contributed by atoms with van der Waals surface area (Å²) < 4.78 is 14.9. The number of hydrogen-bond donors (Lipinski definition) is 0. The zero-order valence-electron chi connectivity index (χ0n) is 18.4. The Morgan fingerprint density at radius 3 is 2.00 bits per heavy atom. The van der Waals surface area contributed by atoms with E-state index < -0.39 is 0 Å². The Balaban J connectivity index is 2.13. The Hall–Kier alpha value is -0.820. The van der Waals surface area contributed by atoms with Crippen molar-refractivity contribution in [3.8, 4) is 0 Å². The maximum Gasteiger partial charge on any atom is 0.145 e. The molecule has 0 radical (unpaired) electrons. The molecule has 152 valence electrons. The van der Waals surface area contributed by atoms with Crippen molar-refractivity contribution in [2.45, 2.75) is 86.0 Å². The lowest BCUT2D eigenvalue weighted by atomic mass is 9.62. The van der Waals surface area contributed by atoms with Crippen molar-refractivity contribution in [3.05, 3.63) is 46.8 Å². The molecule has 0 amide bonds. The molecule has 0 N–H and O–H groups in total. The SMILES string of the molecule is C=CC(C)(C)C1CCC(C(C)(C)Cc2ccc(C(C)(C)C)c(F)c2Cl)CC1. The lowest BCUT2D eigenvalue weighted by Crippen LogP contribution is -2.34. The highest BCUT2D eigenvalue weighted by Gasteiger charge is 2.37. The van der Waals surface area contributed by atoms with Gasteiger partial charge in [0.1, 0.15) is 5.82 Å². The maximum absolute atomic E-state index is 14.9. The molecule has 1 aromatic rings. The van der Waals surface area contributed by atoms with Crippen molar-refractivity contribution in [2.75, 3.05) is 0 Å². The summed E-state index contributed by atoms with van der Waals surface area (Å²) in [7, 11) is 0. The number of benzene rings is 1. The molecule has 1 aliphatic rings. The van der Waals surface area contributed by atoms with Crippen molar-refractivity contribution in [3.63, 3.8) is 0 Å². The smallest absolute Gasteiger partial charge is 0.145 e. The second-order valence-electron chi connectivity index (χ2n) is 10.9. The van der Waals surface area contributed by atoms with E-state index in [0.29, 0.717) is 22.4 Å². The Kier molecular flexibility index (Phi) is 6.57. The van der Waals surface area contributed by atoms with Crippen LogP contribution in [0.15, 0.2) is 24.8 Å². The molecule has 1 fully saturated rings. The first kappa shape index (κ1) is 22.5. The summed E-state index contributed by atoms with van der Waals surface area (Å²) in [5.74, 6) is 1.12. The lowest BCUT2D eigenvalue weighted by Gasteiger charge is -2.43. The molecule has 0 saturated heterocycles. The van der Waals surface area contributed by atoms with Crippen LogP contribution in [0, 0.1) is 28.5 Å². The first-order chi connectivity index (χ1) is 12.3. The molecule has 0 spiro atoms. The van der Waals surface area contributed by atoms with Crippen LogP contribution in [0.4, 0.5) is 4.39 Å².